The van der Waals surface area contributed by atoms with E-state index in [1.54, 1.807) is 10.9 Å². The summed E-state index contributed by atoms with van der Waals surface area (Å²) >= 11 is 0. The molecule has 3 N–H and O–H groups in total. The van der Waals surface area contributed by atoms with Gasteiger partial charge in [0.1, 0.15) is 0 Å². The summed E-state index contributed by atoms with van der Waals surface area (Å²) in [5.41, 5.74) is 6.70. The van der Waals surface area contributed by atoms with Crippen LogP contribution in [0.2, 0.25) is 0 Å². The molecule has 0 fully saturated rings. The highest BCUT2D eigenvalue weighted by Crippen LogP contribution is 2.12. The second kappa shape index (κ2) is 2.94. The van der Waals surface area contributed by atoms with Gasteiger partial charge in [0.15, 0.2) is 5.82 Å². The average Bonchev–Trinajstić information content (AvgIpc) is 2.72. The van der Waals surface area contributed by atoms with E-state index >= 15 is 0 Å². The average molecular weight is 179 g/mol. The molecular weight excluding hydrogens is 170 g/mol. The minimum Gasteiger partial charge on any atom is -0.317 e. The van der Waals surface area contributed by atoms with Crippen LogP contribution in [0.3, 0.4) is 0 Å². The zero-order chi connectivity index (χ0) is 9.26. The Morgan fingerprint density at radius 1 is 1.62 bits per heavy atom. The number of hydrogen-bond acceptors (Lipinski definition) is 5. The van der Waals surface area contributed by atoms with E-state index in [1.807, 2.05) is 13.2 Å². The van der Waals surface area contributed by atoms with Crippen molar-refractivity contribution >= 4 is 0 Å². The van der Waals surface area contributed by atoms with Crippen LogP contribution in [0.5, 0.6) is 0 Å². The van der Waals surface area contributed by atoms with Gasteiger partial charge in [0.05, 0.1) is 12.2 Å². The molecule has 0 aliphatic heterocycles. The van der Waals surface area contributed by atoms with E-state index in [0.29, 0.717) is 5.82 Å². The van der Waals surface area contributed by atoms with Crippen molar-refractivity contribution in [3.05, 3.63) is 23.8 Å². The minimum absolute atomic E-state index is 0.368. The molecule has 2 aromatic rings. The lowest BCUT2D eigenvalue weighted by atomic mass is 10.2. The van der Waals surface area contributed by atoms with Crippen LogP contribution >= 0.6 is 0 Å². The highest BCUT2D eigenvalue weighted by Gasteiger charge is 2.14. The highest BCUT2D eigenvalue weighted by molar-refractivity contribution is 5.16. The number of H-pyrrole nitrogens is 1. The first-order valence-electron chi connectivity index (χ1n) is 3.75. The predicted octanol–water partition coefficient (Wildman–Crippen LogP) is -1.02. The maximum atomic E-state index is 5.84. The molecule has 0 spiro atoms. The van der Waals surface area contributed by atoms with Crippen LogP contribution in [0.25, 0.3) is 0 Å². The number of aromatic nitrogens is 6. The molecule has 2 rings (SSSR count). The summed E-state index contributed by atoms with van der Waals surface area (Å²) in [6.07, 6.45) is 3.50. The molecule has 0 aliphatic rings. The Labute approximate surface area is 73.9 Å². The molecule has 1 atom stereocenters. The second-order valence-corrected chi connectivity index (χ2v) is 2.70. The summed E-state index contributed by atoms with van der Waals surface area (Å²) in [6.45, 7) is 0. The van der Waals surface area contributed by atoms with Crippen LogP contribution in [-0.2, 0) is 7.05 Å². The molecule has 68 valence electrons. The van der Waals surface area contributed by atoms with Crippen LogP contribution in [0, 0.1) is 0 Å². The molecule has 0 aliphatic carbocycles. The predicted molar refractivity (Wildman–Crippen MR) is 43.4 cm³/mol. The fourth-order valence-corrected chi connectivity index (χ4v) is 1.05. The van der Waals surface area contributed by atoms with E-state index in [4.69, 9.17) is 5.73 Å². The summed E-state index contributed by atoms with van der Waals surface area (Å²) in [7, 11) is 1.83. The molecule has 1 unspecified atom stereocenters. The van der Waals surface area contributed by atoms with Crippen LogP contribution in [0.4, 0.5) is 0 Å². The third-order valence-electron chi connectivity index (χ3n) is 1.72. The van der Waals surface area contributed by atoms with Crippen molar-refractivity contribution in [3.63, 3.8) is 0 Å². The molecule has 13 heavy (non-hydrogen) atoms. The van der Waals surface area contributed by atoms with E-state index in [2.05, 4.69) is 25.7 Å². The van der Waals surface area contributed by atoms with Gasteiger partial charge in [0.2, 0.25) is 0 Å². The van der Waals surface area contributed by atoms with E-state index in [0.717, 1.165) is 5.56 Å². The summed E-state index contributed by atoms with van der Waals surface area (Å²) in [5.74, 6) is 0.466. The summed E-state index contributed by atoms with van der Waals surface area (Å²) in [4.78, 5) is 0. The van der Waals surface area contributed by atoms with Crippen LogP contribution < -0.4 is 5.73 Å². The number of nitrogens with two attached hydrogens (primary N) is 1. The van der Waals surface area contributed by atoms with Gasteiger partial charge in [-0.3, -0.25) is 4.68 Å². The molecule has 2 aromatic heterocycles. The van der Waals surface area contributed by atoms with Crippen LogP contribution in [0.15, 0.2) is 12.4 Å². The molecule has 7 heteroatoms. The summed E-state index contributed by atoms with van der Waals surface area (Å²) in [5, 5.41) is 17.4. The number of rotatable bonds is 2. The lowest BCUT2D eigenvalue weighted by Gasteiger charge is -2.01. The number of hydrogen-bond donors (Lipinski definition) is 2. The molecular formula is C6H9N7. The van der Waals surface area contributed by atoms with Crippen molar-refractivity contribution in [2.45, 2.75) is 6.04 Å². The molecule has 0 amide bonds. The Kier molecular flexibility index (Phi) is 1.78. The molecule has 0 radical (unpaired) electrons. The number of aromatic amines is 1. The fourth-order valence-electron chi connectivity index (χ4n) is 1.05. The maximum Gasteiger partial charge on any atom is 0.195 e. The van der Waals surface area contributed by atoms with Crippen LogP contribution in [0.1, 0.15) is 17.4 Å². The van der Waals surface area contributed by atoms with Crippen molar-refractivity contribution < 1.29 is 0 Å². The number of aryl methyl sites for hydroxylation is 1. The Morgan fingerprint density at radius 2 is 2.46 bits per heavy atom. The maximum absolute atomic E-state index is 5.84. The van der Waals surface area contributed by atoms with Gasteiger partial charge in [-0.05, 0) is 0 Å². The quantitative estimate of drug-likeness (QED) is 0.615. The van der Waals surface area contributed by atoms with Gasteiger partial charge in [-0.2, -0.15) is 10.3 Å². The number of nitrogens with zero attached hydrogens (tertiary/aromatic N) is 5. The highest BCUT2D eigenvalue weighted by atomic mass is 15.5. The standard InChI is InChI=1S/C6H9N7/c1-13-3-4(2-8-13)5(7)6-9-11-12-10-6/h2-3,5H,7H2,1H3,(H,9,10,11,12). The third-order valence-corrected chi connectivity index (χ3v) is 1.72. The normalized spacial score (nSPS) is 13.1. The van der Waals surface area contributed by atoms with Crippen molar-refractivity contribution in [2.24, 2.45) is 12.8 Å². The first-order valence-corrected chi connectivity index (χ1v) is 3.75. The molecule has 0 bridgehead atoms. The topological polar surface area (TPSA) is 98.3 Å². The van der Waals surface area contributed by atoms with Crippen molar-refractivity contribution in [3.8, 4) is 0 Å². The van der Waals surface area contributed by atoms with E-state index in [9.17, 15) is 0 Å². The number of tetrazole rings is 1. The first kappa shape index (κ1) is 7.87. The number of nitrogens with one attached hydrogen (secondary N) is 1. The lowest BCUT2D eigenvalue weighted by molar-refractivity contribution is 0.758. The van der Waals surface area contributed by atoms with E-state index < -0.39 is 0 Å². The zero-order valence-corrected chi connectivity index (χ0v) is 7.05. The van der Waals surface area contributed by atoms with Gasteiger partial charge in [-0.15, -0.1) is 10.2 Å². The Bertz CT molecular complexity index is 375. The SMILES string of the molecule is Cn1cc(C(N)c2nn[nH]n2)cn1. The van der Waals surface area contributed by atoms with Gasteiger partial charge in [-0.25, -0.2) is 0 Å². The minimum atomic E-state index is -0.368. The Balaban J connectivity index is 2.28. The third kappa shape index (κ3) is 1.41. The smallest absolute Gasteiger partial charge is 0.195 e. The zero-order valence-electron chi connectivity index (χ0n) is 7.05. The van der Waals surface area contributed by atoms with E-state index in [-0.39, 0.29) is 6.04 Å². The lowest BCUT2D eigenvalue weighted by Crippen LogP contribution is -2.13. The van der Waals surface area contributed by atoms with Crippen molar-refractivity contribution in [2.75, 3.05) is 0 Å². The van der Waals surface area contributed by atoms with Crippen molar-refractivity contribution in [1.82, 2.24) is 30.4 Å². The summed E-state index contributed by atoms with van der Waals surface area (Å²) < 4.78 is 1.68. The van der Waals surface area contributed by atoms with Crippen molar-refractivity contribution in [1.29, 1.82) is 0 Å². The Morgan fingerprint density at radius 3 is 3.00 bits per heavy atom. The van der Waals surface area contributed by atoms with Gasteiger partial charge in [0, 0.05) is 18.8 Å². The Hall–Kier alpha value is -1.76. The molecule has 0 saturated carbocycles. The summed E-state index contributed by atoms with van der Waals surface area (Å²) in [6, 6.07) is -0.368. The monoisotopic (exact) mass is 179 g/mol. The van der Waals surface area contributed by atoms with Gasteiger partial charge >= 0.3 is 0 Å². The fraction of sp³-hybridized carbons (Fsp3) is 0.333. The van der Waals surface area contributed by atoms with Gasteiger partial charge < -0.3 is 5.73 Å². The largest absolute Gasteiger partial charge is 0.317 e. The van der Waals surface area contributed by atoms with Crippen LogP contribution in [-0.4, -0.2) is 30.4 Å². The molecule has 0 saturated heterocycles. The second-order valence-electron chi connectivity index (χ2n) is 2.70. The van der Waals surface area contributed by atoms with Gasteiger partial charge in [0.25, 0.3) is 0 Å². The molecule has 0 aromatic carbocycles. The van der Waals surface area contributed by atoms with Gasteiger partial charge in [-0.1, -0.05) is 5.21 Å². The molecule has 7 nitrogen and oxygen atoms in total. The molecule has 2 heterocycles. The first-order chi connectivity index (χ1) is 6.27. The van der Waals surface area contributed by atoms with E-state index in [1.165, 1.54) is 0 Å².